The number of halogens is 1. The smallest absolute Gasteiger partial charge is 0.274 e. The van der Waals surface area contributed by atoms with Gasteiger partial charge in [-0.05, 0) is 73.2 Å². The van der Waals surface area contributed by atoms with Crippen molar-refractivity contribution in [3.63, 3.8) is 0 Å². The molecule has 3 aromatic carbocycles. The van der Waals surface area contributed by atoms with Crippen LogP contribution in [-0.4, -0.2) is 34.4 Å². The zero-order valence-corrected chi connectivity index (χ0v) is 22.3. The van der Waals surface area contributed by atoms with Gasteiger partial charge in [0, 0.05) is 24.8 Å². The van der Waals surface area contributed by atoms with Crippen LogP contribution in [0.5, 0.6) is 11.5 Å². The summed E-state index contributed by atoms with van der Waals surface area (Å²) < 4.78 is 18.9. The molecule has 0 aliphatic carbocycles. The number of anilines is 1. The Balaban J connectivity index is 1.69. The number of aromatic hydroxyl groups is 2. The van der Waals surface area contributed by atoms with Gasteiger partial charge in [-0.2, -0.15) is 0 Å². The first-order valence-electron chi connectivity index (χ1n) is 13.3. The Morgan fingerprint density at radius 3 is 2.38 bits per heavy atom. The molecule has 0 saturated carbocycles. The number of amides is 1. The third-order valence-electron chi connectivity index (χ3n) is 6.57. The van der Waals surface area contributed by atoms with Crippen LogP contribution in [-0.2, 0) is 12.8 Å². The van der Waals surface area contributed by atoms with Crippen molar-refractivity contribution in [3.8, 4) is 33.9 Å². The lowest BCUT2D eigenvalue weighted by molar-refractivity contribution is 0.0947. The minimum absolute atomic E-state index is 0.0677. The fourth-order valence-corrected chi connectivity index (χ4v) is 4.44. The zero-order valence-electron chi connectivity index (χ0n) is 22.3. The van der Waals surface area contributed by atoms with E-state index in [2.05, 4.69) is 22.7 Å². The SMILES string of the molecule is CCCCCNc1ccc(-c2c(C(=O)NCC)noc2-c2cc(CCc3ccc(F)cc3)c(O)cc2O)cc1. The number of nitrogens with one attached hydrogen (secondary N) is 2. The lowest BCUT2D eigenvalue weighted by Gasteiger charge is -2.11. The summed E-state index contributed by atoms with van der Waals surface area (Å²) in [7, 11) is 0. The molecular weight excluding hydrogens is 497 g/mol. The molecule has 0 saturated heterocycles. The maximum Gasteiger partial charge on any atom is 0.274 e. The topological polar surface area (TPSA) is 108 Å². The van der Waals surface area contributed by atoms with Gasteiger partial charge in [0.25, 0.3) is 5.91 Å². The zero-order chi connectivity index (χ0) is 27.8. The van der Waals surface area contributed by atoms with E-state index in [1.54, 1.807) is 18.2 Å². The second-order valence-electron chi connectivity index (χ2n) is 9.43. The Bertz CT molecular complexity index is 1400. The molecular formula is C31H34FN3O4. The molecule has 204 valence electrons. The van der Waals surface area contributed by atoms with Crippen LogP contribution in [0.2, 0.25) is 0 Å². The van der Waals surface area contributed by atoms with Crippen LogP contribution < -0.4 is 10.6 Å². The molecule has 0 spiro atoms. The number of carbonyl (C=O) groups excluding carboxylic acids is 1. The first-order chi connectivity index (χ1) is 18.9. The number of benzene rings is 3. The highest BCUT2D eigenvalue weighted by Gasteiger charge is 2.26. The van der Waals surface area contributed by atoms with E-state index in [1.807, 2.05) is 31.2 Å². The molecule has 39 heavy (non-hydrogen) atoms. The largest absolute Gasteiger partial charge is 0.508 e. The quantitative estimate of drug-likeness (QED) is 0.152. The Morgan fingerprint density at radius 1 is 0.949 bits per heavy atom. The molecule has 4 rings (SSSR count). The van der Waals surface area contributed by atoms with Gasteiger partial charge in [0.1, 0.15) is 17.3 Å². The van der Waals surface area contributed by atoms with E-state index in [9.17, 15) is 19.4 Å². The van der Waals surface area contributed by atoms with Crippen molar-refractivity contribution in [2.75, 3.05) is 18.4 Å². The summed E-state index contributed by atoms with van der Waals surface area (Å²) in [6.07, 6.45) is 4.39. The molecule has 0 unspecified atom stereocenters. The molecule has 0 atom stereocenters. The fraction of sp³-hybridized carbons (Fsp3) is 0.290. The maximum absolute atomic E-state index is 13.3. The Morgan fingerprint density at radius 2 is 1.69 bits per heavy atom. The van der Waals surface area contributed by atoms with Crippen LogP contribution in [0.25, 0.3) is 22.5 Å². The summed E-state index contributed by atoms with van der Waals surface area (Å²) in [6, 6.07) is 16.7. The first-order valence-corrected chi connectivity index (χ1v) is 13.3. The minimum atomic E-state index is -0.390. The summed E-state index contributed by atoms with van der Waals surface area (Å²) >= 11 is 0. The van der Waals surface area contributed by atoms with Crippen molar-refractivity contribution in [1.82, 2.24) is 10.5 Å². The van der Waals surface area contributed by atoms with Gasteiger partial charge in [0.2, 0.25) is 0 Å². The second-order valence-corrected chi connectivity index (χ2v) is 9.43. The van der Waals surface area contributed by atoms with E-state index in [-0.39, 0.29) is 34.7 Å². The van der Waals surface area contributed by atoms with E-state index in [0.29, 0.717) is 41.6 Å². The summed E-state index contributed by atoms with van der Waals surface area (Å²) in [4.78, 5) is 12.9. The number of rotatable bonds is 12. The van der Waals surface area contributed by atoms with Crippen LogP contribution in [0, 0.1) is 5.82 Å². The predicted octanol–water partition coefficient (Wildman–Crippen LogP) is 6.70. The fourth-order valence-electron chi connectivity index (χ4n) is 4.44. The van der Waals surface area contributed by atoms with Gasteiger partial charge in [0.15, 0.2) is 11.5 Å². The second kappa shape index (κ2) is 13.0. The summed E-state index contributed by atoms with van der Waals surface area (Å²) in [5.41, 5.74) is 4.00. The highest BCUT2D eigenvalue weighted by atomic mass is 19.1. The number of carbonyl (C=O) groups is 1. The molecule has 0 aliphatic heterocycles. The Hall–Kier alpha value is -4.33. The molecule has 1 heterocycles. The molecule has 0 bridgehead atoms. The van der Waals surface area contributed by atoms with Crippen molar-refractivity contribution in [2.24, 2.45) is 0 Å². The molecule has 1 aromatic heterocycles. The number of hydrogen-bond acceptors (Lipinski definition) is 6. The summed E-state index contributed by atoms with van der Waals surface area (Å²) in [5, 5.41) is 31.6. The third-order valence-corrected chi connectivity index (χ3v) is 6.57. The number of aromatic nitrogens is 1. The Labute approximate surface area is 227 Å². The molecule has 4 aromatic rings. The molecule has 1 amide bonds. The number of nitrogens with zero attached hydrogens (tertiary/aromatic N) is 1. The number of aryl methyl sites for hydroxylation is 2. The van der Waals surface area contributed by atoms with Crippen molar-refractivity contribution in [3.05, 3.63) is 83.3 Å². The lowest BCUT2D eigenvalue weighted by Crippen LogP contribution is -2.23. The number of phenols is 2. The van der Waals surface area contributed by atoms with Crippen molar-refractivity contribution in [1.29, 1.82) is 0 Å². The van der Waals surface area contributed by atoms with Crippen LogP contribution >= 0.6 is 0 Å². The van der Waals surface area contributed by atoms with E-state index in [0.717, 1.165) is 37.1 Å². The van der Waals surface area contributed by atoms with E-state index in [1.165, 1.54) is 18.2 Å². The van der Waals surface area contributed by atoms with Gasteiger partial charge >= 0.3 is 0 Å². The third kappa shape index (κ3) is 6.76. The van der Waals surface area contributed by atoms with Gasteiger partial charge in [-0.15, -0.1) is 0 Å². The minimum Gasteiger partial charge on any atom is -0.508 e. The molecule has 4 N–H and O–H groups in total. The Kier molecular flexibility index (Phi) is 9.20. The van der Waals surface area contributed by atoms with E-state index >= 15 is 0 Å². The van der Waals surface area contributed by atoms with Gasteiger partial charge < -0.3 is 25.4 Å². The summed E-state index contributed by atoms with van der Waals surface area (Å²) in [5.74, 6) is -0.747. The highest BCUT2D eigenvalue weighted by molar-refractivity contribution is 6.02. The van der Waals surface area contributed by atoms with Gasteiger partial charge in [0.05, 0.1) is 11.1 Å². The van der Waals surface area contributed by atoms with E-state index in [4.69, 9.17) is 4.52 Å². The van der Waals surface area contributed by atoms with Gasteiger partial charge in [-0.25, -0.2) is 4.39 Å². The predicted molar refractivity (Wildman–Crippen MR) is 151 cm³/mol. The number of phenolic OH excluding ortho intramolecular Hbond substituents is 2. The van der Waals surface area contributed by atoms with Crippen molar-refractivity contribution < 1.29 is 23.9 Å². The maximum atomic E-state index is 13.3. The molecule has 0 fully saturated rings. The highest BCUT2D eigenvalue weighted by Crippen LogP contribution is 2.42. The lowest BCUT2D eigenvalue weighted by atomic mass is 9.95. The number of hydrogen-bond donors (Lipinski definition) is 4. The van der Waals surface area contributed by atoms with Crippen LogP contribution in [0.4, 0.5) is 10.1 Å². The normalized spacial score (nSPS) is 10.9. The average Bonchev–Trinajstić information content (AvgIpc) is 3.37. The monoisotopic (exact) mass is 531 g/mol. The molecule has 0 radical (unpaired) electrons. The number of unbranched alkanes of at least 4 members (excludes halogenated alkanes) is 2. The van der Waals surface area contributed by atoms with Crippen LogP contribution in [0.3, 0.4) is 0 Å². The van der Waals surface area contributed by atoms with E-state index < -0.39 is 0 Å². The van der Waals surface area contributed by atoms with Gasteiger partial charge in [-0.1, -0.05) is 49.2 Å². The first kappa shape index (κ1) is 27.7. The standard InChI is InChI=1S/C31H34FN3O4/c1-3-5-6-17-34-24-15-11-21(12-16-24)28-29(31(38)33-4-2)35-39-30(28)25-18-22(26(36)19-27(25)37)10-7-20-8-13-23(32)14-9-20/h8-9,11-16,18-19,34,36-37H,3-7,10,17H2,1-2H3,(H,33,38). The van der Waals surface area contributed by atoms with Crippen molar-refractivity contribution in [2.45, 2.75) is 46.0 Å². The molecule has 8 heteroatoms. The van der Waals surface area contributed by atoms with Crippen LogP contribution in [0.1, 0.15) is 54.7 Å². The molecule has 7 nitrogen and oxygen atoms in total. The van der Waals surface area contributed by atoms with Crippen LogP contribution in [0.15, 0.2) is 65.2 Å². The molecule has 0 aliphatic rings. The summed E-state index contributed by atoms with van der Waals surface area (Å²) in [6.45, 7) is 5.27. The van der Waals surface area contributed by atoms with Crippen molar-refractivity contribution >= 4 is 11.6 Å². The van der Waals surface area contributed by atoms with Gasteiger partial charge in [-0.3, -0.25) is 4.79 Å². The average molecular weight is 532 g/mol.